The molecule has 2 N–H and O–H groups in total. The van der Waals surface area contributed by atoms with Crippen molar-refractivity contribution in [3.8, 4) is 0 Å². The van der Waals surface area contributed by atoms with E-state index >= 15 is 0 Å². The van der Waals surface area contributed by atoms with Gasteiger partial charge in [0.25, 0.3) is 0 Å². The molecule has 1 aromatic rings. The smallest absolute Gasteiger partial charge is 0.0722 e. The average Bonchev–Trinajstić information content (AvgIpc) is 2.38. The standard InChI is InChI=1S/C15H23BrN2O/c1-3-13(17)8-12-4-5-15(14(16)9-12)18-6-7-19-11(2)10-18/h4-5,9,11,13H,3,6-8,10,17H2,1-2H3. The molecule has 0 aliphatic carbocycles. The highest BCUT2D eigenvalue weighted by molar-refractivity contribution is 9.10. The van der Waals surface area contributed by atoms with E-state index in [1.807, 2.05) is 0 Å². The average molecular weight is 327 g/mol. The number of nitrogens with two attached hydrogens (primary N) is 1. The summed E-state index contributed by atoms with van der Waals surface area (Å²) in [6, 6.07) is 6.83. The Kier molecular flexibility index (Phi) is 5.25. The first-order valence-corrected chi connectivity index (χ1v) is 7.80. The zero-order valence-corrected chi connectivity index (χ0v) is 13.3. The first-order chi connectivity index (χ1) is 9.10. The number of hydrogen-bond donors (Lipinski definition) is 1. The predicted octanol–water partition coefficient (Wildman–Crippen LogP) is 2.95. The molecule has 1 saturated heterocycles. The van der Waals surface area contributed by atoms with Crippen molar-refractivity contribution in [2.45, 2.75) is 38.8 Å². The van der Waals surface area contributed by atoms with Gasteiger partial charge in [0.05, 0.1) is 18.4 Å². The van der Waals surface area contributed by atoms with E-state index in [9.17, 15) is 0 Å². The molecule has 2 unspecified atom stereocenters. The number of rotatable bonds is 4. The molecular weight excluding hydrogens is 304 g/mol. The van der Waals surface area contributed by atoms with Gasteiger partial charge in [-0.15, -0.1) is 0 Å². The largest absolute Gasteiger partial charge is 0.375 e. The molecule has 0 saturated carbocycles. The molecule has 0 aromatic heterocycles. The second-order valence-corrected chi connectivity index (χ2v) is 6.14. The van der Waals surface area contributed by atoms with Crippen LogP contribution in [-0.2, 0) is 11.2 Å². The predicted molar refractivity (Wildman–Crippen MR) is 83.7 cm³/mol. The van der Waals surface area contributed by atoms with Crippen molar-refractivity contribution in [3.05, 3.63) is 28.2 Å². The molecule has 1 heterocycles. The number of anilines is 1. The van der Waals surface area contributed by atoms with Crippen LogP contribution in [0.4, 0.5) is 5.69 Å². The van der Waals surface area contributed by atoms with Crippen LogP contribution in [0, 0.1) is 0 Å². The molecule has 3 nitrogen and oxygen atoms in total. The van der Waals surface area contributed by atoms with Crippen molar-refractivity contribution >= 4 is 21.6 Å². The Labute approximate surface area is 124 Å². The molecule has 0 bridgehead atoms. The normalized spacial score (nSPS) is 21.5. The monoisotopic (exact) mass is 326 g/mol. The van der Waals surface area contributed by atoms with Crippen LogP contribution in [0.15, 0.2) is 22.7 Å². The van der Waals surface area contributed by atoms with Gasteiger partial charge in [-0.3, -0.25) is 0 Å². The summed E-state index contributed by atoms with van der Waals surface area (Å²) < 4.78 is 6.74. The third kappa shape index (κ3) is 3.94. The number of ether oxygens (including phenoxy) is 1. The summed E-state index contributed by atoms with van der Waals surface area (Å²) in [6.07, 6.45) is 2.25. The lowest BCUT2D eigenvalue weighted by Gasteiger charge is -2.33. The van der Waals surface area contributed by atoms with Gasteiger partial charge >= 0.3 is 0 Å². The summed E-state index contributed by atoms with van der Waals surface area (Å²) >= 11 is 3.69. The molecular formula is C15H23BrN2O. The van der Waals surface area contributed by atoms with Crippen LogP contribution in [0.1, 0.15) is 25.8 Å². The van der Waals surface area contributed by atoms with Crippen LogP contribution in [-0.4, -0.2) is 31.8 Å². The van der Waals surface area contributed by atoms with Crippen molar-refractivity contribution in [2.75, 3.05) is 24.6 Å². The van der Waals surface area contributed by atoms with E-state index in [0.717, 1.165) is 37.0 Å². The van der Waals surface area contributed by atoms with E-state index in [0.29, 0.717) is 6.10 Å². The third-order valence-electron chi connectivity index (χ3n) is 3.62. The third-order valence-corrected chi connectivity index (χ3v) is 4.25. The van der Waals surface area contributed by atoms with Gasteiger partial charge < -0.3 is 15.4 Å². The van der Waals surface area contributed by atoms with E-state index in [1.54, 1.807) is 0 Å². The topological polar surface area (TPSA) is 38.5 Å². The highest BCUT2D eigenvalue weighted by Gasteiger charge is 2.18. The van der Waals surface area contributed by atoms with Gasteiger partial charge in [0.2, 0.25) is 0 Å². The zero-order valence-electron chi connectivity index (χ0n) is 11.7. The molecule has 19 heavy (non-hydrogen) atoms. The van der Waals surface area contributed by atoms with E-state index in [4.69, 9.17) is 10.5 Å². The number of hydrogen-bond acceptors (Lipinski definition) is 3. The van der Waals surface area contributed by atoms with Gasteiger partial charge in [-0.1, -0.05) is 13.0 Å². The Morgan fingerprint density at radius 3 is 2.95 bits per heavy atom. The zero-order chi connectivity index (χ0) is 13.8. The molecule has 1 fully saturated rings. The number of benzene rings is 1. The fraction of sp³-hybridized carbons (Fsp3) is 0.600. The minimum absolute atomic E-state index is 0.251. The van der Waals surface area contributed by atoms with Gasteiger partial charge in [-0.2, -0.15) is 0 Å². The SMILES string of the molecule is CCC(N)Cc1ccc(N2CCOC(C)C2)c(Br)c1. The minimum atomic E-state index is 0.251. The summed E-state index contributed by atoms with van der Waals surface area (Å²) in [6.45, 7) is 6.96. The molecule has 0 radical (unpaired) electrons. The Hall–Kier alpha value is -0.580. The van der Waals surface area contributed by atoms with Gasteiger partial charge in [0.15, 0.2) is 0 Å². The molecule has 2 atom stereocenters. The second-order valence-electron chi connectivity index (χ2n) is 5.29. The highest BCUT2D eigenvalue weighted by atomic mass is 79.9. The molecule has 106 valence electrons. The summed E-state index contributed by atoms with van der Waals surface area (Å²) in [5, 5.41) is 0. The maximum atomic E-state index is 6.01. The van der Waals surface area contributed by atoms with Crippen molar-refractivity contribution < 1.29 is 4.74 Å². The quantitative estimate of drug-likeness (QED) is 0.924. The Morgan fingerprint density at radius 1 is 1.53 bits per heavy atom. The lowest BCUT2D eigenvalue weighted by molar-refractivity contribution is 0.0532. The fourth-order valence-electron chi connectivity index (χ4n) is 2.42. The van der Waals surface area contributed by atoms with Crippen LogP contribution >= 0.6 is 15.9 Å². The molecule has 1 aliphatic heterocycles. The summed E-state index contributed by atoms with van der Waals surface area (Å²) in [5.74, 6) is 0. The van der Waals surface area contributed by atoms with Crippen molar-refractivity contribution in [3.63, 3.8) is 0 Å². The van der Waals surface area contributed by atoms with Crippen LogP contribution < -0.4 is 10.6 Å². The fourth-order valence-corrected chi connectivity index (χ4v) is 3.10. The van der Waals surface area contributed by atoms with Crippen LogP contribution in [0.25, 0.3) is 0 Å². The second kappa shape index (κ2) is 6.73. The molecule has 4 heteroatoms. The number of nitrogens with zero attached hydrogens (tertiary/aromatic N) is 1. The van der Waals surface area contributed by atoms with Crippen molar-refractivity contribution in [2.24, 2.45) is 5.73 Å². The van der Waals surface area contributed by atoms with E-state index in [1.165, 1.54) is 11.3 Å². The van der Waals surface area contributed by atoms with Crippen LogP contribution in [0.2, 0.25) is 0 Å². The van der Waals surface area contributed by atoms with E-state index in [-0.39, 0.29) is 6.04 Å². The molecule has 1 aromatic carbocycles. The van der Waals surface area contributed by atoms with Gasteiger partial charge in [-0.25, -0.2) is 0 Å². The minimum Gasteiger partial charge on any atom is -0.375 e. The lowest BCUT2D eigenvalue weighted by atomic mass is 10.0. The van der Waals surface area contributed by atoms with E-state index in [2.05, 4.69) is 52.9 Å². The molecule has 1 aliphatic rings. The first-order valence-electron chi connectivity index (χ1n) is 7.00. The Bertz CT molecular complexity index is 425. The highest BCUT2D eigenvalue weighted by Crippen LogP contribution is 2.29. The summed E-state index contributed by atoms with van der Waals surface area (Å²) in [4.78, 5) is 2.38. The van der Waals surface area contributed by atoms with Gasteiger partial charge in [-0.05, 0) is 53.4 Å². The van der Waals surface area contributed by atoms with Crippen LogP contribution in [0.3, 0.4) is 0 Å². The van der Waals surface area contributed by atoms with Crippen molar-refractivity contribution in [1.29, 1.82) is 0 Å². The Morgan fingerprint density at radius 2 is 2.32 bits per heavy atom. The summed E-state index contributed by atoms with van der Waals surface area (Å²) in [7, 11) is 0. The molecule has 0 amide bonds. The van der Waals surface area contributed by atoms with E-state index < -0.39 is 0 Å². The summed E-state index contributed by atoms with van der Waals surface area (Å²) in [5.41, 5.74) is 8.56. The Balaban J connectivity index is 2.10. The maximum absolute atomic E-state index is 6.01. The van der Waals surface area contributed by atoms with Gasteiger partial charge in [0.1, 0.15) is 0 Å². The first kappa shape index (κ1) is 14.8. The lowest BCUT2D eigenvalue weighted by Crippen LogP contribution is -2.41. The van der Waals surface area contributed by atoms with Crippen molar-refractivity contribution in [1.82, 2.24) is 0 Å². The van der Waals surface area contributed by atoms with Gasteiger partial charge in [0, 0.05) is 23.6 Å². The molecule has 2 rings (SSSR count). The number of morpholine rings is 1. The molecule has 0 spiro atoms. The number of halogens is 1. The van der Waals surface area contributed by atoms with Crippen LogP contribution in [0.5, 0.6) is 0 Å². The maximum Gasteiger partial charge on any atom is 0.0722 e.